The number of fused-ring (bicyclic) bond motifs is 3. The van der Waals surface area contributed by atoms with Gasteiger partial charge < -0.3 is 15.2 Å². The maximum atomic E-state index is 12.2. The molecule has 3 aromatic carbocycles. The monoisotopic (exact) mass is 425 g/mol. The molecule has 3 aromatic rings. The van der Waals surface area contributed by atoms with Gasteiger partial charge in [0.05, 0.1) is 5.56 Å². The van der Waals surface area contributed by atoms with Gasteiger partial charge in [-0.2, -0.15) is 0 Å². The molecule has 5 nitrogen and oxygen atoms in total. The molecule has 2 N–H and O–H groups in total. The van der Waals surface area contributed by atoms with Crippen molar-refractivity contribution < 1.29 is 19.4 Å². The van der Waals surface area contributed by atoms with Gasteiger partial charge in [-0.15, -0.1) is 0 Å². The summed E-state index contributed by atoms with van der Waals surface area (Å²) in [6.45, 7) is 2.47. The number of carbonyl (C=O) groups is 2. The first-order valence-corrected chi connectivity index (χ1v) is 10.5. The number of hydrogen-bond acceptors (Lipinski definition) is 3. The summed E-state index contributed by atoms with van der Waals surface area (Å²) in [5.74, 6) is 5.09. The second-order valence-corrected chi connectivity index (χ2v) is 7.64. The highest BCUT2D eigenvalue weighted by Crippen LogP contribution is 2.44. The molecular weight excluding hydrogens is 402 g/mol. The van der Waals surface area contributed by atoms with Crippen LogP contribution in [0.4, 0.5) is 4.79 Å². The molecule has 160 valence electrons. The predicted molar refractivity (Wildman–Crippen MR) is 123 cm³/mol. The highest BCUT2D eigenvalue weighted by molar-refractivity contribution is 5.88. The third kappa shape index (κ3) is 4.50. The molecule has 0 saturated heterocycles. The van der Waals surface area contributed by atoms with Crippen molar-refractivity contribution in [2.45, 2.75) is 19.3 Å². The van der Waals surface area contributed by atoms with Gasteiger partial charge in [0.25, 0.3) is 0 Å². The van der Waals surface area contributed by atoms with Crippen LogP contribution in [0.25, 0.3) is 11.1 Å². The summed E-state index contributed by atoms with van der Waals surface area (Å²) in [5.41, 5.74) is 6.56. The van der Waals surface area contributed by atoms with E-state index in [1.54, 1.807) is 12.1 Å². The number of carboxylic acids is 1. The van der Waals surface area contributed by atoms with E-state index >= 15 is 0 Å². The van der Waals surface area contributed by atoms with Crippen LogP contribution in [-0.4, -0.2) is 30.3 Å². The van der Waals surface area contributed by atoms with Gasteiger partial charge in [-0.05, 0) is 52.9 Å². The number of rotatable bonds is 5. The Labute approximate surface area is 187 Å². The van der Waals surface area contributed by atoms with Crippen LogP contribution in [0.1, 0.15) is 45.0 Å². The fourth-order valence-corrected chi connectivity index (χ4v) is 3.97. The van der Waals surface area contributed by atoms with E-state index in [1.807, 2.05) is 31.2 Å². The van der Waals surface area contributed by atoms with Crippen molar-refractivity contribution in [3.05, 3.63) is 94.5 Å². The molecule has 0 aromatic heterocycles. The molecule has 0 atom stereocenters. The van der Waals surface area contributed by atoms with Crippen molar-refractivity contribution in [2.75, 3.05) is 13.2 Å². The van der Waals surface area contributed by atoms with E-state index in [1.165, 1.54) is 28.3 Å². The first-order valence-electron chi connectivity index (χ1n) is 10.5. The number of aromatic carboxylic acids is 1. The Morgan fingerprint density at radius 3 is 2.28 bits per heavy atom. The fraction of sp³-hybridized carbons (Fsp3) is 0.185. The zero-order valence-corrected chi connectivity index (χ0v) is 17.7. The summed E-state index contributed by atoms with van der Waals surface area (Å²) >= 11 is 0. The number of alkyl carbamates (subject to hydrolysis) is 1. The number of amides is 1. The van der Waals surface area contributed by atoms with Crippen LogP contribution in [0.15, 0.2) is 66.7 Å². The molecule has 0 unspecified atom stereocenters. The second kappa shape index (κ2) is 9.40. The average molecular weight is 425 g/mol. The van der Waals surface area contributed by atoms with E-state index < -0.39 is 12.1 Å². The molecule has 0 spiro atoms. The quantitative estimate of drug-likeness (QED) is 0.447. The van der Waals surface area contributed by atoms with E-state index in [4.69, 9.17) is 9.84 Å². The summed E-state index contributed by atoms with van der Waals surface area (Å²) in [4.78, 5) is 23.2. The smallest absolute Gasteiger partial charge is 0.407 e. The van der Waals surface area contributed by atoms with E-state index in [-0.39, 0.29) is 18.1 Å². The molecule has 0 heterocycles. The Morgan fingerprint density at radius 1 is 1.00 bits per heavy atom. The molecule has 0 radical (unpaired) electrons. The van der Waals surface area contributed by atoms with Crippen LogP contribution in [0, 0.1) is 18.8 Å². The molecule has 1 amide bonds. The van der Waals surface area contributed by atoms with Crippen molar-refractivity contribution in [1.29, 1.82) is 0 Å². The van der Waals surface area contributed by atoms with Gasteiger partial charge in [-0.25, -0.2) is 9.59 Å². The summed E-state index contributed by atoms with van der Waals surface area (Å²) in [5, 5.41) is 11.8. The Hall–Kier alpha value is -4.04. The van der Waals surface area contributed by atoms with Gasteiger partial charge in [0.15, 0.2) is 0 Å². The van der Waals surface area contributed by atoms with Crippen LogP contribution in [0.2, 0.25) is 0 Å². The number of carbonyl (C=O) groups excluding carboxylic acids is 1. The minimum Gasteiger partial charge on any atom is -0.478 e. The van der Waals surface area contributed by atoms with Crippen LogP contribution >= 0.6 is 0 Å². The van der Waals surface area contributed by atoms with E-state index in [0.29, 0.717) is 13.0 Å². The van der Waals surface area contributed by atoms with Gasteiger partial charge in [-0.1, -0.05) is 60.4 Å². The van der Waals surface area contributed by atoms with Gasteiger partial charge in [0.2, 0.25) is 0 Å². The summed E-state index contributed by atoms with van der Waals surface area (Å²) in [6, 6.07) is 21.3. The Morgan fingerprint density at radius 2 is 1.66 bits per heavy atom. The Bertz CT molecular complexity index is 1190. The second-order valence-electron chi connectivity index (χ2n) is 7.64. The number of benzene rings is 3. The highest BCUT2D eigenvalue weighted by atomic mass is 16.5. The predicted octanol–water partition coefficient (Wildman–Crippen LogP) is 4.97. The Kier molecular flexibility index (Phi) is 6.23. The van der Waals surface area contributed by atoms with Crippen molar-refractivity contribution in [3.63, 3.8) is 0 Å². The number of ether oxygens (including phenoxy) is 1. The maximum Gasteiger partial charge on any atom is 0.407 e. The molecule has 0 bridgehead atoms. The van der Waals surface area contributed by atoms with Crippen molar-refractivity contribution >= 4 is 12.1 Å². The Balaban J connectivity index is 1.28. The summed E-state index contributed by atoms with van der Waals surface area (Å²) in [6.07, 6.45) is 0.000259. The lowest BCUT2D eigenvalue weighted by Crippen LogP contribution is -2.26. The van der Waals surface area contributed by atoms with Crippen LogP contribution in [0.3, 0.4) is 0 Å². The van der Waals surface area contributed by atoms with Crippen molar-refractivity contribution in [1.82, 2.24) is 5.32 Å². The number of nitrogens with one attached hydrogen (secondary N) is 1. The molecule has 4 rings (SSSR count). The number of carboxylic acid groups (broad SMARTS) is 1. The van der Waals surface area contributed by atoms with Gasteiger partial charge >= 0.3 is 12.1 Å². The first-order chi connectivity index (χ1) is 15.5. The van der Waals surface area contributed by atoms with E-state index in [2.05, 4.69) is 41.4 Å². The minimum atomic E-state index is -0.958. The number of hydrogen-bond donors (Lipinski definition) is 2. The molecular formula is C27H23NO4. The van der Waals surface area contributed by atoms with Crippen LogP contribution < -0.4 is 5.32 Å². The van der Waals surface area contributed by atoms with Gasteiger partial charge in [0.1, 0.15) is 6.61 Å². The zero-order chi connectivity index (χ0) is 22.5. The average Bonchev–Trinajstić information content (AvgIpc) is 3.12. The molecule has 5 heteroatoms. The van der Waals surface area contributed by atoms with Crippen molar-refractivity contribution in [3.8, 4) is 23.0 Å². The van der Waals surface area contributed by atoms with E-state index in [9.17, 15) is 9.59 Å². The number of aryl methyl sites for hydroxylation is 1. The molecule has 0 aliphatic heterocycles. The third-order valence-corrected chi connectivity index (χ3v) is 5.56. The van der Waals surface area contributed by atoms with Gasteiger partial charge in [0, 0.05) is 24.4 Å². The molecule has 0 fully saturated rings. The molecule has 1 aliphatic rings. The molecule has 32 heavy (non-hydrogen) atoms. The summed E-state index contributed by atoms with van der Waals surface area (Å²) < 4.78 is 5.51. The maximum absolute atomic E-state index is 12.2. The first kappa shape index (κ1) is 21.2. The molecule has 1 aliphatic carbocycles. The zero-order valence-electron chi connectivity index (χ0n) is 17.7. The largest absolute Gasteiger partial charge is 0.478 e. The third-order valence-electron chi connectivity index (χ3n) is 5.56. The lowest BCUT2D eigenvalue weighted by Gasteiger charge is -2.14. The highest BCUT2D eigenvalue weighted by Gasteiger charge is 2.28. The summed E-state index contributed by atoms with van der Waals surface area (Å²) in [7, 11) is 0. The van der Waals surface area contributed by atoms with Gasteiger partial charge in [-0.3, -0.25) is 0 Å². The van der Waals surface area contributed by atoms with Crippen LogP contribution in [0.5, 0.6) is 0 Å². The SMILES string of the molecule is Cc1cc(C(=O)O)ccc1C#CCCNC(=O)OCC1c2ccccc2-c2ccccc21. The normalized spacial score (nSPS) is 11.7. The standard InChI is InChI=1S/C27H23NO4/c1-18-16-20(26(29)30)14-13-19(18)8-6-7-15-28-27(31)32-17-25-23-11-4-2-9-21(23)22-10-3-5-12-24(22)25/h2-5,9-14,16,25H,7,15,17H2,1H3,(H,28,31)(H,29,30). The van der Waals surface area contributed by atoms with Crippen molar-refractivity contribution in [2.24, 2.45) is 0 Å². The topological polar surface area (TPSA) is 75.6 Å². The lowest BCUT2D eigenvalue weighted by atomic mass is 9.98. The minimum absolute atomic E-state index is 0.0321. The van der Waals surface area contributed by atoms with Crippen LogP contribution in [-0.2, 0) is 4.74 Å². The lowest BCUT2D eigenvalue weighted by molar-refractivity contribution is 0.0696. The molecule has 0 saturated carbocycles. The van der Waals surface area contributed by atoms with E-state index in [0.717, 1.165) is 11.1 Å². The fourth-order valence-electron chi connectivity index (χ4n) is 3.97.